The number of aromatic nitrogens is 1. The Balaban J connectivity index is 1.98. The number of hydrogen-bond acceptors (Lipinski definition) is 11. The molecule has 2 aromatic rings. The van der Waals surface area contributed by atoms with Crippen LogP contribution in [-0.2, 0) is 39.9 Å². The SMILES string of the molecule is CC[C@H](C)C(NC(=O)[C@H]1CCCCN1C)C(=O)N(COC(=O)CC(C)C)[C@H](C[C@@H](OC(C)=O)c1nc(C(=O)N[C@@H](Cc2ccc(C)cc2)C[C@H](C)C(=O)C(C)(C)C)cs1)C(C)C. The quantitative estimate of drug-likeness (QED) is 0.0880. The van der Waals surface area contributed by atoms with Gasteiger partial charge >= 0.3 is 11.9 Å². The van der Waals surface area contributed by atoms with E-state index in [1.165, 1.54) is 23.2 Å². The highest BCUT2D eigenvalue weighted by Crippen LogP contribution is 2.32. The molecule has 0 bridgehead atoms. The summed E-state index contributed by atoms with van der Waals surface area (Å²) in [5.41, 5.74) is 1.74. The number of likely N-dealkylation sites (N-methyl/N-ethyl adjacent to an activating group) is 1. The van der Waals surface area contributed by atoms with Gasteiger partial charge in [0.2, 0.25) is 11.8 Å². The zero-order valence-corrected chi connectivity index (χ0v) is 40.5. The van der Waals surface area contributed by atoms with Crippen LogP contribution in [0.25, 0.3) is 0 Å². The van der Waals surface area contributed by atoms with Gasteiger partial charge in [-0.15, -0.1) is 11.3 Å². The van der Waals surface area contributed by atoms with Crippen LogP contribution in [0.15, 0.2) is 29.6 Å². The first-order chi connectivity index (χ1) is 29.0. The average molecular weight is 882 g/mol. The molecule has 346 valence electrons. The van der Waals surface area contributed by atoms with Crippen molar-refractivity contribution < 1.29 is 38.2 Å². The Hall–Kier alpha value is -4.17. The van der Waals surface area contributed by atoms with Crippen molar-refractivity contribution in [3.63, 3.8) is 0 Å². The van der Waals surface area contributed by atoms with Crippen LogP contribution in [0.5, 0.6) is 0 Å². The van der Waals surface area contributed by atoms with E-state index in [9.17, 15) is 28.8 Å². The lowest BCUT2D eigenvalue weighted by Gasteiger charge is -2.39. The summed E-state index contributed by atoms with van der Waals surface area (Å²) in [5, 5.41) is 8.19. The fraction of sp³-hybridized carbons (Fsp3) is 0.688. The first kappa shape index (κ1) is 52.2. The molecule has 0 saturated carbocycles. The number of rotatable bonds is 22. The molecule has 1 saturated heterocycles. The molecule has 2 N–H and O–H groups in total. The van der Waals surface area contributed by atoms with Gasteiger partial charge in [0.15, 0.2) is 12.8 Å². The second-order valence-electron chi connectivity index (χ2n) is 19.2. The molecule has 1 unspecified atom stereocenters. The van der Waals surface area contributed by atoms with Crippen molar-refractivity contribution in [2.45, 2.75) is 165 Å². The highest BCUT2D eigenvalue weighted by Gasteiger charge is 2.40. The maximum Gasteiger partial charge on any atom is 0.307 e. The van der Waals surface area contributed by atoms with Crippen LogP contribution in [0.2, 0.25) is 0 Å². The van der Waals surface area contributed by atoms with Crippen LogP contribution in [0.3, 0.4) is 0 Å². The van der Waals surface area contributed by atoms with Crippen molar-refractivity contribution >= 4 is 46.8 Å². The second kappa shape index (κ2) is 24.0. The number of aryl methyl sites for hydroxylation is 1. The summed E-state index contributed by atoms with van der Waals surface area (Å²) in [6, 6.07) is 5.78. The fourth-order valence-electron chi connectivity index (χ4n) is 8.03. The number of likely N-dealkylation sites (tertiary alicyclic amines) is 1. The number of esters is 2. The maximum atomic E-state index is 14.9. The molecule has 0 aliphatic carbocycles. The molecule has 1 aliphatic heterocycles. The molecule has 3 rings (SSSR count). The molecule has 14 heteroatoms. The second-order valence-corrected chi connectivity index (χ2v) is 20.1. The zero-order valence-electron chi connectivity index (χ0n) is 39.7. The molecular formula is C48H75N5O8S. The van der Waals surface area contributed by atoms with Crippen LogP contribution in [0, 0.1) is 36.0 Å². The van der Waals surface area contributed by atoms with Crippen LogP contribution < -0.4 is 10.6 Å². The van der Waals surface area contributed by atoms with E-state index in [0.717, 1.165) is 30.5 Å². The monoisotopic (exact) mass is 882 g/mol. The lowest BCUT2D eigenvalue weighted by atomic mass is 9.80. The minimum atomic E-state index is -0.964. The number of carbonyl (C=O) groups excluding carboxylic acids is 6. The fourth-order valence-corrected chi connectivity index (χ4v) is 8.87. The van der Waals surface area contributed by atoms with Crippen molar-refractivity contribution in [3.8, 4) is 0 Å². The molecule has 62 heavy (non-hydrogen) atoms. The number of carbonyl (C=O) groups is 6. The Morgan fingerprint density at radius 2 is 1.63 bits per heavy atom. The Kier molecular flexibility index (Phi) is 20.2. The van der Waals surface area contributed by atoms with E-state index in [2.05, 4.69) is 10.6 Å². The largest absolute Gasteiger partial charge is 0.455 e. The molecule has 1 aliphatic rings. The van der Waals surface area contributed by atoms with Gasteiger partial charge in [0, 0.05) is 48.6 Å². The van der Waals surface area contributed by atoms with Gasteiger partial charge in [-0.2, -0.15) is 0 Å². The van der Waals surface area contributed by atoms with E-state index >= 15 is 0 Å². The van der Waals surface area contributed by atoms with Crippen molar-refractivity contribution in [3.05, 3.63) is 51.5 Å². The standard InChI is InChI=1S/C48H75N5O8S/c1-14-32(7)42(51-45(58)38-17-15-16-22-52(38)13)47(59)53(28-60-41(55)23-29(2)3)39(30(4)5)26-40(61-34(9)54)46-50-37(27-62-46)44(57)49-36(24-33(8)43(56)48(10,11)12)25-35-20-18-31(6)19-21-35/h18-21,27,29-30,32-33,36,38-40,42H,14-17,22-26,28H2,1-13H3,(H,49,57)(H,51,58)/t32-,33-,36+,38+,39+,40+,42?/m0/s1. The molecule has 3 amide bonds. The first-order valence-corrected chi connectivity index (χ1v) is 23.4. The van der Waals surface area contributed by atoms with Gasteiger partial charge in [0.25, 0.3) is 5.91 Å². The number of nitrogens with zero attached hydrogens (tertiary/aromatic N) is 3. The summed E-state index contributed by atoms with van der Waals surface area (Å²) in [7, 11) is 1.92. The van der Waals surface area contributed by atoms with E-state index < -0.39 is 47.4 Å². The van der Waals surface area contributed by atoms with Gasteiger partial charge in [-0.3, -0.25) is 33.7 Å². The smallest absolute Gasteiger partial charge is 0.307 e. The number of benzene rings is 1. The highest BCUT2D eigenvalue weighted by atomic mass is 32.1. The number of piperidine rings is 1. The summed E-state index contributed by atoms with van der Waals surface area (Å²) < 4.78 is 11.7. The van der Waals surface area contributed by atoms with Crippen LogP contribution in [0.4, 0.5) is 0 Å². The summed E-state index contributed by atoms with van der Waals surface area (Å²) in [6.07, 6.45) is 3.42. The summed E-state index contributed by atoms with van der Waals surface area (Å²) in [5.74, 6) is -2.73. The van der Waals surface area contributed by atoms with E-state index in [1.807, 2.05) is 112 Å². The molecular weight excluding hydrogens is 807 g/mol. The minimum Gasteiger partial charge on any atom is -0.455 e. The molecule has 0 spiro atoms. The van der Waals surface area contributed by atoms with Crippen molar-refractivity contribution in [1.82, 2.24) is 25.4 Å². The average Bonchev–Trinajstić information content (AvgIpc) is 3.69. The molecule has 1 aromatic carbocycles. The summed E-state index contributed by atoms with van der Waals surface area (Å²) in [4.78, 5) is 89.7. The Morgan fingerprint density at radius 3 is 2.19 bits per heavy atom. The zero-order chi connectivity index (χ0) is 46.5. The van der Waals surface area contributed by atoms with Gasteiger partial charge in [-0.25, -0.2) is 4.98 Å². The Morgan fingerprint density at radius 1 is 0.968 bits per heavy atom. The van der Waals surface area contributed by atoms with Crippen molar-refractivity contribution in [1.29, 1.82) is 0 Å². The highest BCUT2D eigenvalue weighted by molar-refractivity contribution is 7.09. The predicted octanol–water partition coefficient (Wildman–Crippen LogP) is 7.84. The number of nitrogens with one attached hydrogen (secondary N) is 2. The number of Topliss-reactive ketones (excluding diaryl/α,β-unsaturated/α-hetero) is 1. The van der Waals surface area contributed by atoms with Gasteiger partial charge < -0.3 is 25.0 Å². The third-order valence-electron chi connectivity index (χ3n) is 11.8. The third-order valence-corrected chi connectivity index (χ3v) is 12.7. The molecule has 13 nitrogen and oxygen atoms in total. The Labute approximate surface area is 374 Å². The molecule has 7 atom stereocenters. The molecule has 0 radical (unpaired) electrons. The predicted molar refractivity (Wildman–Crippen MR) is 243 cm³/mol. The van der Waals surface area contributed by atoms with E-state index in [1.54, 1.807) is 5.38 Å². The van der Waals surface area contributed by atoms with Crippen molar-refractivity contribution in [2.75, 3.05) is 20.3 Å². The lowest BCUT2D eigenvalue weighted by Crippen LogP contribution is -2.59. The molecule has 1 fully saturated rings. The first-order valence-electron chi connectivity index (χ1n) is 22.5. The number of ether oxygens (including phenoxy) is 2. The minimum absolute atomic E-state index is 0.0316. The van der Waals surface area contributed by atoms with Crippen LogP contribution >= 0.6 is 11.3 Å². The lowest BCUT2D eigenvalue weighted by molar-refractivity contribution is -0.161. The van der Waals surface area contributed by atoms with E-state index in [0.29, 0.717) is 30.7 Å². The van der Waals surface area contributed by atoms with E-state index in [-0.39, 0.29) is 72.7 Å². The van der Waals surface area contributed by atoms with Gasteiger partial charge in [-0.05, 0) is 69.5 Å². The third kappa shape index (κ3) is 15.9. The topological polar surface area (TPSA) is 164 Å². The number of hydrogen-bond donors (Lipinski definition) is 2. The summed E-state index contributed by atoms with van der Waals surface area (Å²) in [6.45, 7) is 22.9. The molecule has 1 aromatic heterocycles. The van der Waals surface area contributed by atoms with E-state index in [4.69, 9.17) is 14.5 Å². The number of thiazole rings is 1. The van der Waals surface area contributed by atoms with Gasteiger partial charge in [0.05, 0.1) is 6.04 Å². The van der Waals surface area contributed by atoms with Crippen LogP contribution in [-0.4, -0.2) is 94.7 Å². The normalized spacial score (nSPS) is 17.6. The number of amides is 3. The number of ketones is 1. The van der Waals surface area contributed by atoms with Gasteiger partial charge in [-0.1, -0.05) is 112 Å². The van der Waals surface area contributed by atoms with Gasteiger partial charge in [0.1, 0.15) is 22.5 Å². The maximum absolute atomic E-state index is 14.9. The van der Waals surface area contributed by atoms with Crippen LogP contribution in [0.1, 0.15) is 154 Å². The van der Waals surface area contributed by atoms with Crippen molar-refractivity contribution in [2.24, 2.45) is 29.1 Å². The molecule has 2 heterocycles. The summed E-state index contributed by atoms with van der Waals surface area (Å²) >= 11 is 1.17. The Bertz CT molecular complexity index is 1800.